The summed E-state index contributed by atoms with van der Waals surface area (Å²) in [7, 11) is 0.819. The first-order valence-corrected chi connectivity index (χ1v) is 25.2. The lowest BCUT2D eigenvalue weighted by Crippen LogP contribution is -2.65. The Kier molecular flexibility index (Phi) is 11.8. The maximum Gasteiger partial charge on any atom is 0.265 e. The molecule has 3 aliphatic carbocycles. The van der Waals surface area contributed by atoms with E-state index in [9.17, 15) is 5.11 Å². The number of benzene rings is 3. The highest BCUT2D eigenvalue weighted by molar-refractivity contribution is 9.10. The quantitative estimate of drug-likeness (QED) is 0.146. The van der Waals surface area contributed by atoms with Crippen molar-refractivity contribution in [3.05, 3.63) is 121 Å². The minimum absolute atomic E-state index is 0.00875. The maximum atomic E-state index is 17.6. The summed E-state index contributed by atoms with van der Waals surface area (Å²) >= 11 is 3.76. The van der Waals surface area contributed by atoms with Gasteiger partial charge >= 0.3 is 0 Å². The Bertz CT molecular complexity index is 2360. The minimum Gasteiger partial charge on any atom is -0.508 e. The number of hydrogen-bond donors (Lipinski definition) is 1. The van der Waals surface area contributed by atoms with Gasteiger partial charge in [-0.2, -0.15) is 0 Å². The molecule has 1 aliphatic heterocycles. The molecule has 1 fully saturated rings. The zero-order chi connectivity index (χ0) is 43.6. The van der Waals surface area contributed by atoms with E-state index in [0.29, 0.717) is 15.8 Å². The van der Waals surface area contributed by atoms with Gasteiger partial charge in [-0.15, -0.1) is 0 Å². The number of rotatable bonds is 11. The summed E-state index contributed by atoms with van der Waals surface area (Å²) < 4.78 is 44.1. The molecule has 0 radical (unpaired) electrons. The molecule has 10 nitrogen and oxygen atoms in total. The third-order valence-corrected chi connectivity index (χ3v) is 19.2. The van der Waals surface area contributed by atoms with E-state index >= 15 is 14.0 Å². The van der Waals surface area contributed by atoms with Gasteiger partial charge < -0.3 is 23.5 Å². The second kappa shape index (κ2) is 16.5. The number of likely N-dealkylation sites (tertiary alicyclic amines) is 1. The first-order valence-electron chi connectivity index (χ1n) is 21.5. The molecule has 0 bridgehead atoms. The zero-order valence-electron chi connectivity index (χ0n) is 36.4. The number of fused-ring (bicyclic) bond motifs is 4. The van der Waals surface area contributed by atoms with Crippen LogP contribution in [0.2, 0.25) is 18.1 Å². The molecule has 5 atom stereocenters. The van der Waals surface area contributed by atoms with E-state index in [1.54, 1.807) is 0 Å². The number of halogens is 2. The second-order valence-corrected chi connectivity index (χ2v) is 24.5. The zero-order valence-corrected chi connectivity index (χ0v) is 39.0. The highest BCUT2D eigenvalue weighted by Gasteiger charge is 2.67. The van der Waals surface area contributed by atoms with E-state index < -0.39 is 60.0 Å². The Morgan fingerprint density at radius 1 is 0.984 bits per heavy atom. The summed E-state index contributed by atoms with van der Waals surface area (Å²) in [4.78, 5) is 35.4. The monoisotopic (exact) mass is 913 g/mol. The third kappa shape index (κ3) is 7.41. The molecule has 2 heterocycles. The normalized spacial score (nSPS) is 23.6. The van der Waals surface area contributed by atoms with Crippen molar-refractivity contribution in [2.75, 3.05) is 27.2 Å². The van der Waals surface area contributed by atoms with Crippen LogP contribution in [0, 0.1) is 17.7 Å². The van der Waals surface area contributed by atoms with E-state index in [1.165, 1.54) is 0 Å². The Balaban J connectivity index is 1.32. The highest BCUT2D eigenvalue weighted by Crippen LogP contribution is 2.60. The fraction of sp³-hybridized carbons (Fsp3) is 0.479. The highest BCUT2D eigenvalue weighted by atomic mass is 79.9. The number of ketones is 2. The molecule has 324 valence electrons. The number of aliphatic hydroxyl groups is 1. The van der Waals surface area contributed by atoms with Crippen LogP contribution in [0.4, 0.5) is 4.39 Å². The van der Waals surface area contributed by atoms with Crippen molar-refractivity contribution in [3.63, 3.8) is 0 Å². The largest absolute Gasteiger partial charge is 0.508 e. The first-order chi connectivity index (χ1) is 29.0. The smallest absolute Gasteiger partial charge is 0.265 e. The van der Waals surface area contributed by atoms with Crippen LogP contribution in [-0.2, 0) is 24.1 Å². The Morgan fingerprint density at radius 3 is 2.18 bits per heavy atom. The van der Waals surface area contributed by atoms with Crippen LogP contribution in [0.1, 0.15) is 114 Å². The van der Waals surface area contributed by atoms with Gasteiger partial charge in [0.25, 0.3) is 5.88 Å². The second-order valence-electron chi connectivity index (χ2n) is 18.9. The molecule has 1 unspecified atom stereocenters. The number of aromatic nitrogens is 1. The van der Waals surface area contributed by atoms with Crippen LogP contribution in [0.5, 0.6) is 11.6 Å². The van der Waals surface area contributed by atoms with Gasteiger partial charge in [0.1, 0.15) is 36.1 Å². The fourth-order valence-electron chi connectivity index (χ4n) is 9.75. The van der Waals surface area contributed by atoms with Gasteiger partial charge in [0.2, 0.25) is 5.78 Å². The molecular weight excluding hydrogens is 858 g/mol. The lowest BCUT2D eigenvalue weighted by atomic mass is 9.58. The van der Waals surface area contributed by atoms with Crippen molar-refractivity contribution in [3.8, 4) is 11.6 Å². The Hall–Kier alpha value is -4.14. The van der Waals surface area contributed by atoms with Crippen LogP contribution in [0.3, 0.4) is 0 Å². The first kappa shape index (κ1) is 43.5. The maximum absolute atomic E-state index is 17.6. The molecule has 4 aliphatic rings. The molecule has 0 spiro atoms. The average Bonchev–Trinajstić information content (AvgIpc) is 3.65. The number of carbonyl (C=O) groups is 2. The molecule has 61 heavy (non-hydrogen) atoms. The van der Waals surface area contributed by atoms with E-state index in [1.807, 2.05) is 99.7 Å². The van der Waals surface area contributed by atoms with Gasteiger partial charge in [-0.1, -0.05) is 87.9 Å². The molecule has 8 rings (SSSR count). The number of hydrogen-bond acceptors (Lipinski definition) is 10. The van der Waals surface area contributed by atoms with E-state index in [2.05, 4.69) is 46.8 Å². The average molecular weight is 915 g/mol. The van der Waals surface area contributed by atoms with Crippen molar-refractivity contribution >= 4 is 35.8 Å². The molecule has 3 aromatic carbocycles. The van der Waals surface area contributed by atoms with Crippen LogP contribution < -0.4 is 9.47 Å². The Morgan fingerprint density at radius 2 is 1.59 bits per heavy atom. The number of ether oxygens (including phenoxy) is 2. The van der Waals surface area contributed by atoms with Crippen LogP contribution in [0.15, 0.2) is 81.0 Å². The van der Waals surface area contributed by atoms with Gasteiger partial charge in [-0.3, -0.25) is 19.4 Å². The van der Waals surface area contributed by atoms with Crippen LogP contribution in [0.25, 0.3) is 0 Å². The predicted octanol–water partition coefficient (Wildman–Crippen LogP) is 10.7. The standard InChI is InChI=1S/C48H57BrFN3O7Si/c1-28(53-22-16-11-17-23-53)34-38(49)42(57-26-29-18-12-9-13-19-29)36-32(39(34)50)24-31-25-33-40(52(5)6)43-37(46(51-59-43)58-27-30-20-14-10-15-21-30)45(56)48(33,44(55)35(31)41(36)54)60-61(7,8)47(2,3)4/h9-10,12-15,18-21,28,31,33,40,55H,11,16-17,22-27H2,1-8H3/t28?,31-,33-,40-,48-/m0/s1. The van der Waals surface area contributed by atoms with Crippen molar-refractivity contribution in [1.82, 2.24) is 15.0 Å². The minimum atomic E-state index is -2.95. The van der Waals surface area contributed by atoms with Gasteiger partial charge in [0.15, 0.2) is 25.5 Å². The summed E-state index contributed by atoms with van der Waals surface area (Å²) in [6.45, 7) is 14.2. The van der Waals surface area contributed by atoms with Gasteiger partial charge in [-0.05, 0) is 116 Å². The topological polar surface area (TPSA) is 115 Å². The van der Waals surface area contributed by atoms with Gasteiger partial charge in [0.05, 0.1) is 16.1 Å². The Labute approximate surface area is 367 Å². The summed E-state index contributed by atoms with van der Waals surface area (Å²) in [5.74, 6) is -2.90. The molecule has 1 saturated heterocycles. The summed E-state index contributed by atoms with van der Waals surface area (Å²) in [5.41, 5.74) is 0.626. The van der Waals surface area contributed by atoms with E-state index in [-0.39, 0.29) is 66.0 Å². The fourth-order valence-corrected chi connectivity index (χ4v) is 12.0. The molecule has 0 amide bonds. The predicted molar refractivity (Wildman–Crippen MR) is 237 cm³/mol. The summed E-state index contributed by atoms with van der Waals surface area (Å²) in [6, 6.07) is 18.2. The molecule has 1 N–H and O–H groups in total. The van der Waals surface area contributed by atoms with Crippen LogP contribution >= 0.6 is 15.9 Å². The lowest BCUT2D eigenvalue weighted by molar-refractivity contribution is -0.0481. The van der Waals surface area contributed by atoms with E-state index in [4.69, 9.17) is 18.4 Å². The summed E-state index contributed by atoms with van der Waals surface area (Å²) in [5, 5.41) is 17.0. The van der Waals surface area contributed by atoms with Gasteiger partial charge in [-0.25, -0.2) is 4.39 Å². The van der Waals surface area contributed by atoms with E-state index in [0.717, 1.165) is 43.5 Å². The molecule has 13 heteroatoms. The van der Waals surface area contributed by atoms with Crippen molar-refractivity contribution < 1.29 is 37.5 Å². The molecule has 0 saturated carbocycles. The van der Waals surface area contributed by atoms with Crippen molar-refractivity contribution in [2.24, 2.45) is 11.8 Å². The summed E-state index contributed by atoms with van der Waals surface area (Å²) in [6.07, 6.45) is 3.52. The molecular formula is C48H57BrFN3O7Si. The number of aliphatic hydroxyl groups excluding tert-OH is 1. The molecule has 1 aromatic heterocycles. The number of piperidine rings is 1. The number of Topliss-reactive ketones (excluding diaryl/α,β-unsaturated/α-hetero) is 2. The number of carbonyl (C=O) groups excluding carboxylic acids is 2. The van der Waals surface area contributed by atoms with Gasteiger partial charge in [0, 0.05) is 28.7 Å². The lowest BCUT2D eigenvalue weighted by Gasteiger charge is -2.55. The number of allylic oxidation sites excluding steroid dienone is 1. The SMILES string of the molecule is CC(c1c(F)c2c(c(OCc3ccccc3)c1Br)C(=O)C1=C(O)[C@]3(O[Si](C)(C)C(C)(C)C)C(=O)c4c(OCc5ccccc5)noc4[C@@H](N(C)C)[C@@H]3C[C@@H]1C2)N1CCCCC1. The number of nitrogens with zero attached hydrogens (tertiary/aromatic N) is 3. The third-order valence-electron chi connectivity index (χ3n) is 13.9. The van der Waals surface area contributed by atoms with Crippen LogP contribution in [-0.4, -0.2) is 72.7 Å². The van der Waals surface area contributed by atoms with Crippen molar-refractivity contribution in [2.45, 2.75) is 109 Å². The van der Waals surface area contributed by atoms with Crippen molar-refractivity contribution in [1.29, 1.82) is 0 Å². The molecule has 4 aromatic rings.